The largest absolute Gasteiger partial charge is 0.457 e. The van der Waals surface area contributed by atoms with Crippen LogP contribution < -0.4 is 4.74 Å². The molecule has 3 nitrogen and oxygen atoms in total. The fourth-order valence-electron chi connectivity index (χ4n) is 1.12. The second-order valence-electron chi connectivity index (χ2n) is 2.87. The minimum absolute atomic E-state index is 0.753. The van der Waals surface area contributed by atoms with Crippen molar-refractivity contribution in [2.75, 3.05) is 0 Å². The summed E-state index contributed by atoms with van der Waals surface area (Å²) >= 11 is 4.57. The molecule has 0 fully saturated rings. The number of ether oxygens (including phenoxy) is 1. The van der Waals surface area contributed by atoms with Crippen molar-refractivity contribution in [3.63, 3.8) is 0 Å². The lowest BCUT2D eigenvalue weighted by Crippen LogP contribution is -1.83. The van der Waals surface area contributed by atoms with Crippen molar-refractivity contribution in [1.29, 1.82) is 0 Å². The van der Waals surface area contributed by atoms with Gasteiger partial charge < -0.3 is 4.74 Å². The predicted molar refractivity (Wildman–Crippen MR) is 60.2 cm³/mol. The zero-order valence-corrected chi connectivity index (χ0v) is 8.65. The van der Waals surface area contributed by atoms with Gasteiger partial charge in [-0.1, -0.05) is 0 Å². The van der Waals surface area contributed by atoms with Crippen molar-refractivity contribution >= 4 is 18.1 Å². The van der Waals surface area contributed by atoms with Crippen molar-refractivity contribution < 1.29 is 4.74 Å². The molecule has 4 heteroatoms. The molecule has 0 aliphatic carbocycles. The second kappa shape index (κ2) is 4.61. The number of nitrogens with zero attached hydrogens (tertiary/aromatic N) is 2. The smallest absolute Gasteiger partial charge is 0.130 e. The van der Waals surface area contributed by atoms with Crippen LogP contribution in [0.1, 0.15) is 0 Å². The molecular formula is C11H8N2OS. The SMILES string of the molecule is S=Nc1ccc(Oc2ccncc2)cc1. The van der Waals surface area contributed by atoms with E-state index in [4.69, 9.17) is 4.74 Å². The van der Waals surface area contributed by atoms with Gasteiger partial charge in [-0.2, -0.15) is 4.36 Å². The molecule has 1 heterocycles. The van der Waals surface area contributed by atoms with Crippen LogP contribution in [0.15, 0.2) is 53.2 Å². The van der Waals surface area contributed by atoms with Crippen LogP contribution in [0.3, 0.4) is 0 Å². The minimum atomic E-state index is 0.753. The van der Waals surface area contributed by atoms with E-state index < -0.39 is 0 Å². The summed E-state index contributed by atoms with van der Waals surface area (Å²) in [5.74, 6) is 1.51. The van der Waals surface area contributed by atoms with Gasteiger partial charge in [0.2, 0.25) is 0 Å². The van der Waals surface area contributed by atoms with Crippen LogP contribution in [0.5, 0.6) is 11.5 Å². The van der Waals surface area contributed by atoms with Gasteiger partial charge in [-0.25, -0.2) is 0 Å². The highest BCUT2D eigenvalue weighted by Crippen LogP contribution is 2.22. The molecule has 74 valence electrons. The molecule has 0 saturated carbocycles. The Morgan fingerprint density at radius 2 is 1.53 bits per heavy atom. The second-order valence-corrected chi connectivity index (χ2v) is 3.05. The molecule has 1 aromatic heterocycles. The molecule has 2 rings (SSSR count). The van der Waals surface area contributed by atoms with Crippen LogP contribution >= 0.6 is 0 Å². The highest BCUT2D eigenvalue weighted by Gasteiger charge is 1.96. The number of aromatic nitrogens is 1. The summed E-state index contributed by atoms with van der Waals surface area (Å²) in [6.45, 7) is 0. The third-order valence-corrected chi connectivity index (χ3v) is 2.04. The maximum Gasteiger partial charge on any atom is 0.130 e. The van der Waals surface area contributed by atoms with Crippen molar-refractivity contribution in [3.8, 4) is 11.5 Å². The van der Waals surface area contributed by atoms with Gasteiger partial charge in [-0.05, 0) is 36.4 Å². The van der Waals surface area contributed by atoms with E-state index in [0.717, 1.165) is 17.2 Å². The van der Waals surface area contributed by atoms with Crippen LogP contribution in [-0.4, -0.2) is 4.98 Å². The summed E-state index contributed by atoms with van der Waals surface area (Å²) in [5.41, 5.74) is 0.757. The maximum absolute atomic E-state index is 5.56. The first kappa shape index (κ1) is 9.73. The lowest BCUT2D eigenvalue weighted by Gasteiger charge is -2.04. The Kier molecular flexibility index (Phi) is 2.99. The molecule has 15 heavy (non-hydrogen) atoms. The fourth-order valence-corrected chi connectivity index (χ4v) is 1.24. The van der Waals surface area contributed by atoms with Crippen LogP contribution in [0.25, 0.3) is 0 Å². The van der Waals surface area contributed by atoms with Gasteiger partial charge in [-0.15, -0.1) is 0 Å². The highest BCUT2D eigenvalue weighted by atomic mass is 32.1. The molecule has 0 saturated heterocycles. The van der Waals surface area contributed by atoms with E-state index in [1.165, 1.54) is 0 Å². The standard InChI is InChI=1S/C11H8N2OS/c15-13-9-1-3-10(4-2-9)14-11-5-7-12-8-6-11/h1-8H. The molecule has 0 N–H and O–H groups in total. The Hall–Kier alpha value is -1.81. The third-order valence-electron chi connectivity index (χ3n) is 1.83. The van der Waals surface area contributed by atoms with E-state index >= 15 is 0 Å². The fraction of sp³-hybridized carbons (Fsp3) is 0. The Bertz CT molecular complexity index is 442. The Morgan fingerprint density at radius 1 is 0.933 bits per heavy atom. The quantitative estimate of drug-likeness (QED) is 0.790. The topological polar surface area (TPSA) is 34.5 Å². The molecule has 0 spiro atoms. The maximum atomic E-state index is 5.56. The van der Waals surface area contributed by atoms with E-state index in [0.29, 0.717) is 0 Å². The van der Waals surface area contributed by atoms with Crippen molar-refractivity contribution in [1.82, 2.24) is 4.98 Å². The molecule has 0 bridgehead atoms. The van der Waals surface area contributed by atoms with Gasteiger partial charge in [0.05, 0.1) is 5.69 Å². The van der Waals surface area contributed by atoms with Crippen molar-refractivity contribution in [3.05, 3.63) is 48.8 Å². The van der Waals surface area contributed by atoms with E-state index in [2.05, 4.69) is 21.8 Å². The molecular weight excluding hydrogens is 208 g/mol. The van der Waals surface area contributed by atoms with Crippen LogP contribution in [0, 0.1) is 0 Å². The first-order chi connectivity index (χ1) is 7.38. The number of benzene rings is 1. The number of hydrogen-bond acceptors (Lipinski definition) is 4. The van der Waals surface area contributed by atoms with Crippen molar-refractivity contribution in [2.24, 2.45) is 4.36 Å². The average Bonchev–Trinajstić information content (AvgIpc) is 2.31. The molecule has 0 atom stereocenters. The monoisotopic (exact) mass is 216 g/mol. The van der Waals surface area contributed by atoms with Crippen LogP contribution in [0.4, 0.5) is 5.69 Å². The molecule has 0 radical (unpaired) electrons. The van der Waals surface area contributed by atoms with E-state index in [9.17, 15) is 0 Å². The predicted octanol–water partition coefficient (Wildman–Crippen LogP) is 3.24. The summed E-state index contributed by atoms with van der Waals surface area (Å²) < 4.78 is 9.20. The minimum Gasteiger partial charge on any atom is -0.457 e. The first-order valence-corrected chi connectivity index (χ1v) is 4.76. The number of pyridine rings is 1. The van der Waals surface area contributed by atoms with Crippen LogP contribution in [-0.2, 0) is 12.4 Å². The Labute approximate surface area is 92.9 Å². The van der Waals surface area contributed by atoms with E-state index in [-0.39, 0.29) is 0 Å². The summed E-state index contributed by atoms with van der Waals surface area (Å²) in [4.78, 5) is 3.91. The summed E-state index contributed by atoms with van der Waals surface area (Å²) in [6.07, 6.45) is 3.37. The summed E-state index contributed by atoms with van der Waals surface area (Å²) in [5, 5.41) is 0. The molecule has 0 unspecified atom stereocenters. The van der Waals surface area contributed by atoms with Gasteiger partial charge in [0, 0.05) is 24.8 Å². The van der Waals surface area contributed by atoms with E-state index in [1.54, 1.807) is 24.5 Å². The van der Waals surface area contributed by atoms with Gasteiger partial charge in [0.1, 0.15) is 11.5 Å². The van der Waals surface area contributed by atoms with Gasteiger partial charge in [0.15, 0.2) is 0 Å². The number of rotatable bonds is 3. The van der Waals surface area contributed by atoms with Gasteiger partial charge >= 0.3 is 0 Å². The van der Waals surface area contributed by atoms with E-state index in [1.807, 2.05) is 24.3 Å². The van der Waals surface area contributed by atoms with Crippen molar-refractivity contribution in [2.45, 2.75) is 0 Å². The zero-order valence-electron chi connectivity index (χ0n) is 7.83. The number of hydrogen-bond donors (Lipinski definition) is 0. The van der Waals surface area contributed by atoms with Gasteiger partial charge in [-0.3, -0.25) is 4.98 Å². The highest BCUT2D eigenvalue weighted by molar-refractivity contribution is 7.47. The molecule has 2 aromatic rings. The summed E-state index contributed by atoms with van der Waals surface area (Å²) in [6, 6.07) is 10.9. The molecule has 0 aliphatic heterocycles. The molecule has 0 amide bonds. The Balaban J connectivity index is 2.15. The zero-order chi connectivity index (χ0) is 10.5. The summed E-state index contributed by atoms with van der Waals surface area (Å²) in [7, 11) is 0. The van der Waals surface area contributed by atoms with Gasteiger partial charge in [0.25, 0.3) is 0 Å². The lowest BCUT2D eigenvalue weighted by molar-refractivity contribution is 0.482. The molecule has 0 aliphatic rings. The molecule has 1 aromatic carbocycles. The van der Waals surface area contributed by atoms with Crippen LogP contribution in [0.2, 0.25) is 0 Å². The normalized spacial score (nSPS) is 9.60. The first-order valence-electron chi connectivity index (χ1n) is 4.40. The lowest BCUT2D eigenvalue weighted by atomic mass is 10.3. The third kappa shape index (κ3) is 2.57. The Morgan fingerprint density at radius 3 is 2.13 bits per heavy atom. The average molecular weight is 216 g/mol.